The number of methoxy groups -OCH3 is 1. The minimum Gasteiger partial charge on any atom is -0.497 e. The summed E-state index contributed by atoms with van der Waals surface area (Å²) < 4.78 is 12.4. The Morgan fingerprint density at radius 3 is 2.67 bits per heavy atom. The second-order valence-corrected chi connectivity index (χ2v) is 7.05. The number of para-hydroxylation sites is 1. The van der Waals surface area contributed by atoms with E-state index in [0.717, 1.165) is 36.4 Å². The van der Waals surface area contributed by atoms with Gasteiger partial charge in [-0.25, -0.2) is 9.48 Å². The average Bonchev–Trinajstić information content (AvgIpc) is 3.42. The number of urea groups is 1. The van der Waals surface area contributed by atoms with Crippen LogP contribution in [0.3, 0.4) is 0 Å². The molecule has 0 bridgehead atoms. The summed E-state index contributed by atoms with van der Waals surface area (Å²) in [6, 6.07) is 16.6. The van der Waals surface area contributed by atoms with Crippen LogP contribution in [0.1, 0.15) is 12.8 Å². The van der Waals surface area contributed by atoms with E-state index in [4.69, 9.17) is 15.2 Å². The number of carbonyl (C=O) groups is 1. The molecule has 1 saturated heterocycles. The summed E-state index contributed by atoms with van der Waals surface area (Å²) in [4.78, 5) is 12.6. The monoisotopic (exact) mass is 407 g/mol. The van der Waals surface area contributed by atoms with Crippen LogP contribution in [0, 0.1) is 0 Å². The zero-order chi connectivity index (χ0) is 20.9. The molecule has 2 heterocycles. The lowest BCUT2D eigenvalue weighted by atomic mass is 10.1. The molecule has 1 fully saturated rings. The van der Waals surface area contributed by atoms with E-state index in [1.54, 1.807) is 11.8 Å². The molecule has 1 unspecified atom stereocenters. The largest absolute Gasteiger partial charge is 0.497 e. The Labute approximate surface area is 175 Å². The van der Waals surface area contributed by atoms with E-state index in [-0.39, 0.29) is 12.1 Å². The first-order chi connectivity index (χ1) is 14.7. The maximum Gasteiger partial charge on any atom is 0.319 e. The maximum absolute atomic E-state index is 12.6. The van der Waals surface area contributed by atoms with Crippen LogP contribution in [0.15, 0.2) is 54.6 Å². The van der Waals surface area contributed by atoms with Gasteiger partial charge in [-0.1, -0.05) is 18.2 Å². The minimum atomic E-state index is -0.348. The molecule has 2 aromatic carbocycles. The van der Waals surface area contributed by atoms with E-state index in [2.05, 4.69) is 15.7 Å². The summed E-state index contributed by atoms with van der Waals surface area (Å²) in [6.07, 6.45) is 2.03. The number of nitrogen functional groups attached to an aromatic ring is 1. The van der Waals surface area contributed by atoms with Gasteiger partial charge < -0.3 is 25.8 Å². The molecule has 4 N–H and O–H groups in total. The number of benzene rings is 2. The molecule has 0 aliphatic carbocycles. The second-order valence-electron chi connectivity index (χ2n) is 7.05. The Kier molecular flexibility index (Phi) is 5.85. The van der Waals surface area contributed by atoms with Crippen LogP contribution in [-0.2, 0) is 4.74 Å². The molecule has 0 spiro atoms. The van der Waals surface area contributed by atoms with Gasteiger partial charge in [-0.2, -0.15) is 5.10 Å². The first-order valence-corrected chi connectivity index (χ1v) is 9.90. The van der Waals surface area contributed by atoms with Crippen molar-refractivity contribution >= 4 is 17.5 Å². The maximum atomic E-state index is 12.6. The van der Waals surface area contributed by atoms with E-state index >= 15 is 0 Å². The zero-order valence-electron chi connectivity index (χ0n) is 16.8. The van der Waals surface area contributed by atoms with Gasteiger partial charge in [0.25, 0.3) is 0 Å². The Morgan fingerprint density at radius 2 is 2.00 bits per heavy atom. The number of hydrogen-bond donors (Lipinski definition) is 3. The third-order valence-electron chi connectivity index (χ3n) is 5.04. The molecule has 0 radical (unpaired) electrons. The van der Waals surface area contributed by atoms with E-state index < -0.39 is 0 Å². The van der Waals surface area contributed by atoms with Crippen molar-refractivity contribution in [2.45, 2.75) is 18.9 Å². The highest BCUT2D eigenvalue weighted by Crippen LogP contribution is 2.34. The van der Waals surface area contributed by atoms with Gasteiger partial charge >= 0.3 is 6.03 Å². The fourth-order valence-electron chi connectivity index (χ4n) is 3.44. The first kappa shape index (κ1) is 19.8. The molecular weight excluding hydrogens is 382 g/mol. The lowest BCUT2D eigenvalue weighted by Crippen LogP contribution is -2.35. The van der Waals surface area contributed by atoms with E-state index in [9.17, 15) is 4.79 Å². The number of aromatic nitrogens is 2. The van der Waals surface area contributed by atoms with Crippen LogP contribution in [0.25, 0.3) is 16.9 Å². The Balaban J connectivity index is 1.63. The summed E-state index contributed by atoms with van der Waals surface area (Å²) in [7, 11) is 1.61. The van der Waals surface area contributed by atoms with Gasteiger partial charge in [0, 0.05) is 18.7 Å². The zero-order valence-corrected chi connectivity index (χ0v) is 16.8. The summed E-state index contributed by atoms with van der Waals surface area (Å²) >= 11 is 0. The highest BCUT2D eigenvalue weighted by atomic mass is 16.5. The topological polar surface area (TPSA) is 103 Å². The standard InChI is InChI=1S/C22H25N5O3/c1-29-17-11-9-15(10-12-17)19-20(25-22(28)24-14-18-8-5-13-30-18)21(23)27(26-19)16-6-3-2-4-7-16/h2-4,6-7,9-12,18H,5,8,13-14,23H2,1H3,(H2,24,25,28). The molecule has 4 rings (SSSR count). The quantitative estimate of drug-likeness (QED) is 0.581. The molecule has 156 valence electrons. The number of anilines is 2. The van der Waals surface area contributed by atoms with Gasteiger partial charge in [-0.05, 0) is 49.2 Å². The van der Waals surface area contributed by atoms with Gasteiger partial charge in [0.15, 0.2) is 5.82 Å². The molecule has 1 aliphatic heterocycles. The molecule has 2 amide bonds. The Bertz CT molecular complexity index is 996. The van der Waals surface area contributed by atoms with Crippen molar-refractivity contribution < 1.29 is 14.3 Å². The number of carbonyl (C=O) groups excluding carboxylic acids is 1. The first-order valence-electron chi connectivity index (χ1n) is 9.90. The van der Waals surface area contributed by atoms with Gasteiger partial charge in [-0.3, -0.25) is 0 Å². The Hall–Kier alpha value is -3.52. The molecule has 8 nitrogen and oxygen atoms in total. The normalized spacial score (nSPS) is 15.7. The van der Waals surface area contributed by atoms with E-state index in [1.165, 1.54) is 0 Å². The third kappa shape index (κ3) is 4.23. The van der Waals surface area contributed by atoms with Crippen LogP contribution in [0.2, 0.25) is 0 Å². The van der Waals surface area contributed by atoms with Gasteiger partial charge in [0.05, 0.1) is 18.9 Å². The van der Waals surface area contributed by atoms with Crippen molar-refractivity contribution in [1.82, 2.24) is 15.1 Å². The number of nitrogens with one attached hydrogen (secondary N) is 2. The summed E-state index contributed by atoms with van der Waals surface area (Å²) in [6.45, 7) is 1.20. The predicted molar refractivity (Wildman–Crippen MR) is 116 cm³/mol. The van der Waals surface area contributed by atoms with Crippen LogP contribution >= 0.6 is 0 Å². The minimum absolute atomic E-state index is 0.0567. The SMILES string of the molecule is COc1ccc(-c2nn(-c3ccccc3)c(N)c2NC(=O)NCC2CCCO2)cc1. The number of amides is 2. The predicted octanol–water partition coefficient (Wildman–Crippen LogP) is 3.43. The van der Waals surface area contributed by atoms with Crippen LogP contribution in [0.5, 0.6) is 5.75 Å². The summed E-state index contributed by atoms with van der Waals surface area (Å²) in [5.74, 6) is 1.08. The van der Waals surface area contributed by atoms with Crippen LogP contribution in [-0.4, -0.2) is 42.2 Å². The van der Waals surface area contributed by atoms with Crippen molar-refractivity contribution in [2.24, 2.45) is 0 Å². The molecule has 0 saturated carbocycles. The van der Waals surface area contributed by atoms with E-state index in [0.29, 0.717) is 23.7 Å². The van der Waals surface area contributed by atoms with Gasteiger partial charge in [0.1, 0.15) is 17.1 Å². The number of nitrogens with two attached hydrogens (primary N) is 1. The van der Waals surface area contributed by atoms with Gasteiger partial charge in [-0.15, -0.1) is 0 Å². The van der Waals surface area contributed by atoms with Crippen molar-refractivity contribution in [3.8, 4) is 22.7 Å². The fourth-order valence-corrected chi connectivity index (χ4v) is 3.44. The molecule has 8 heteroatoms. The van der Waals surface area contributed by atoms with Crippen molar-refractivity contribution in [1.29, 1.82) is 0 Å². The molecule has 1 atom stereocenters. The van der Waals surface area contributed by atoms with Crippen LogP contribution < -0.4 is 21.1 Å². The smallest absolute Gasteiger partial charge is 0.319 e. The Morgan fingerprint density at radius 1 is 1.23 bits per heavy atom. The molecular formula is C22H25N5O3. The molecule has 1 aliphatic rings. The number of hydrogen-bond acceptors (Lipinski definition) is 5. The lowest BCUT2D eigenvalue weighted by molar-refractivity contribution is 0.112. The molecule has 3 aromatic rings. The van der Waals surface area contributed by atoms with Crippen molar-refractivity contribution in [3.63, 3.8) is 0 Å². The third-order valence-corrected chi connectivity index (χ3v) is 5.04. The van der Waals surface area contributed by atoms with Crippen LogP contribution in [0.4, 0.5) is 16.3 Å². The highest BCUT2D eigenvalue weighted by Gasteiger charge is 2.21. The highest BCUT2D eigenvalue weighted by molar-refractivity contribution is 5.97. The van der Waals surface area contributed by atoms with Gasteiger partial charge in [0.2, 0.25) is 0 Å². The van der Waals surface area contributed by atoms with E-state index in [1.807, 2.05) is 54.6 Å². The molecule has 30 heavy (non-hydrogen) atoms. The van der Waals surface area contributed by atoms with Crippen molar-refractivity contribution in [3.05, 3.63) is 54.6 Å². The summed E-state index contributed by atoms with van der Waals surface area (Å²) in [5.41, 5.74) is 9.05. The average molecular weight is 407 g/mol. The molecule has 1 aromatic heterocycles. The second kappa shape index (κ2) is 8.87. The number of nitrogens with zero attached hydrogens (tertiary/aromatic N) is 2. The summed E-state index contributed by atoms with van der Waals surface area (Å²) in [5, 5.41) is 10.4. The lowest BCUT2D eigenvalue weighted by Gasteiger charge is -2.12. The fraction of sp³-hybridized carbons (Fsp3) is 0.273. The number of ether oxygens (including phenoxy) is 2. The van der Waals surface area contributed by atoms with Crippen molar-refractivity contribution in [2.75, 3.05) is 31.3 Å². The number of rotatable bonds is 6.